The molecule has 0 atom stereocenters. The summed E-state index contributed by atoms with van der Waals surface area (Å²) in [6, 6.07) is 8.81. The molecule has 156 valence electrons. The SMILES string of the molecule is COCCOCc1ccc(CC2CCN(C(=O)CC3CCCCC3)CC2)cc1. The molecule has 0 bridgehead atoms. The number of nitrogens with zero attached hydrogens (tertiary/aromatic N) is 1. The van der Waals surface area contributed by atoms with E-state index in [0.29, 0.717) is 37.6 Å². The zero-order valence-electron chi connectivity index (χ0n) is 17.5. The number of piperidine rings is 1. The van der Waals surface area contributed by atoms with E-state index in [4.69, 9.17) is 9.47 Å². The maximum absolute atomic E-state index is 12.6. The number of amides is 1. The zero-order chi connectivity index (χ0) is 19.6. The molecule has 3 rings (SSSR count). The van der Waals surface area contributed by atoms with Crippen LogP contribution in [0.1, 0.15) is 62.5 Å². The molecule has 1 amide bonds. The summed E-state index contributed by atoms with van der Waals surface area (Å²) >= 11 is 0. The van der Waals surface area contributed by atoms with Crippen molar-refractivity contribution < 1.29 is 14.3 Å². The van der Waals surface area contributed by atoms with Crippen LogP contribution in [0, 0.1) is 11.8 Å². The van der Waals surface area contributed by atoms with Crippen LogP contribution in [0.5, 0.6) is 0 Å². The molecule has 4 nitrogen and oxygen atoms in total. The van der Waals surface area contributed by atoms with Gasteiger partial charge >= 0.3 is 0 Å². The van der Waals surface area contributed by atoms with Gasteiger partial charge in [-0.15, -0.1) is 0 Å². The van der Waals surface area contributed by atoms with Crippen LogP contribution in [0.4, 0.5) is 0 Å². The predicted molar refractivity (Wildman–Crippen MR) is 112 cm³/mol. The van der Waals surface area contributed by atoms with Crippen molar-refractivity contribution in [3.05, 3.63) is 35.4 Å². The molecule has 1 heterocycles. The van der Waals surface area contributed by atoms with Crippen molar-refractivity contribution in [1.29, 1.82) is 0 Å². The number of rotatable bonds is 9. The Bertz CT molecular complexity index is 572. The van der Waals surface area contributed by atoms with Crippen molar-refractivity contribution in [2.45, 2.75) is 64.4 Å². The van der Waals surface area contributed by atoms with E-state index < -0.39 is 0 Å². The molecule has 0 aromatic heterocycles. The summed E-state index contributed by atoms with van der Waals surface area (Å²) in [4.78, 5) is 14.7. The highest BCUT2D eigenvalue weighted by Gasteiger charge is 2.25. The lowest BCUT2D eigenvalue weighted by molar-refractivity contribution is -0.133. The topological polar surface area (TPSA) is 38.8 Å². The molecule has 2 aliphatic rings. The quantitative estimate of drug-likeness (QED) is 0.581. The summed E-state index contributed by atoms with van der Waals surface area (Å²) in [6.07, 6.45) is 10.7. The fraction of sp³-hybridized carbons (Fsp3) is 0.708. The first kappa shape index (κ1) is 21.3. The first-order valence-electron chi connectivity index (χ1n) is 11.2. The molecule has 2 fully saturated rings. The molecular weight excluding hydrogens is 350 g/mol. The Labute approximate surface area is 170 Å². The Morgan fingerprint density at radius 1 is 0.929 bits per heavy atom. The van der Waals surface area contributed by atoms with Crippen molar-refractivity contribution in [3.8, 4) is 0 Å². The molecule has 1 aliphatic heterocycles. The van der Waals surface area contributed by atoms with Gasteiger partial charge in [0.05, 0.1) is 19.8 Å². The number of likely N-dealkylation sites (tertiary alicyclic amines) is 1. The van der Waals surface area contributed by atoms with Gasteiger partial charge < -0.3 is 14.4 Å². The number of ether oxygens (including phenoxy) is 2. The molecule has 1 aromatic rings. The minimum atomic E-state index is 0.406. The highest BCUT2D eigenvalue weighted by molar-refractivity contribution is 5.76. The Kier molecular flexibility index (Phi) is 8.81. The second-order valence-electron chi connectivity index (χ2n) is 8.60. The lowest BCUT2D eigenvalue weighted by Gasteiger charge is -2.33. The lowest BCUT2D eigenvalue weighted by Crippen LogP contribution is -2.39. The van der Waals surface area contributed by atoms with Crippen molar-refractivity contribution in [1.82, 2.24) is 4.90 Å². The standard InChI is InChI=1S/C24H37NO3/c1-27-15-16-28-19-23-9-7-21(8-10-23)17-22-11-13-25(14-12-22)24(26)18-20-5-3-2-4-6-20/h7-10,20,22H,2-6,11-19H2,1H3. The molecule has 4 heteroatoms. The van der Waals surface area contributed by atoms with Gasteiger partial charge in [0, 0.05) is 26.6 Å². The van der Waals surface area contributed by atoms with Crippen molar-refractivity contribution >= 4 is 5.91 Å². The first-order valence-corrected chi connectivity index (χ1v) is 11.2. The molecule has 0 unspecified atom stereocenters. The van der Waals surface area contributed by atoms with Crippen LogP contribution >= 0.6 is 0 Å². The number of carbonyl (C=O) groups excluding carboxylic acids is 1. The van der Waals surface area contributed by atoms with Crippen LogP contribution in [0.2, 0.25) is 0 Å². The minimum Gasteiger partial charge on any atom is -0.382 e. The molecule has 0 spiro atoms. The number of hydrogen-bond acceptors (Lipinski definition) is 3. The molecule has 1 aliphatic carbocycles. The van der Waals surface area contributed by atoms with Gasteiger partial charge in [0.2, 0.25) is 5.91 Å². The van der Waals surface area contributed by atoms with Crippen LogP contribution in [-0.2, 0) is 27.3 Å². The fourth-order valence-corrected chi connectivity index (χ4v) is 4.59. The van der Waals surface area contributed by atoms with Crippen LogP contribution < -0.4 is 0 Å². The molecule has 0 radical (unpaired) electrons. The van der Waals surface area contributed by atoms with E-state index in [9.17, 15) is 4.79 Å². The number of methoxy groups -OCH3 is 1. The summed E-state index contributed by atoms with van der Waals surface area (Å²) < 4.78 is 10.6. The maximum atomic E-state index is 12.6. The molecule has 1 saturated carbocycles. The summed E-state index contributed by atoms with van der Waals surface area (Å²) in [7, 11) is 1.69. The second-order valence-corrected chi connectivity index (χ2v) is 8.60. The largest absolute Gasteiger partial charge is 0.382 e. The second kappa shape index (κ2) is 11.6. The zero-order valence-corrected chi connectivity index (χ0v) is 17.5. The van der Waals surface area contributed by atoms with E-state index in [-0.39, 0.29) is 0 Å². The Balaban J connectivity index is 1.36. The third-order valence-corrected chi connectivity index (χ3v) is 6.40. The van der Waals surface area contributed by atoms with E-state index >= 15 is 0 Å². The summed E-state index contributed by atoms with van der Waals surface area (Å²) in [5.74, 6) is 1.75. The smallest absolute Gasteiger partial charge is 0.222 e. The number of carbonyl (C=O) groups is 1. The van der Waals surface area contributed by atoms with Gasteiger partial charge in [0.1, 0.15) is 0 Å². The van der Waals surface area contributed by atoms with E-state index in [1.54, 1.807) is 7.11 Å². The van der Waals surface area contributed by atoms with Crippen LogP contribution in [-0.4, -0.2) is 44.2 Å². The van der Waals surface area contributed by atoms with Gasteiger partial charge in [0.25, 0.3) is 0 Å². The molecular formula is C24H37NO3. The third-order valence-electron chi connectivity index (χ3n) is 6.40. The molecule has 0 N–H and O–H groups in total. The molecule has 1 aromatic carbocycles. The number of benzene rings is 1. The fourth-order valence-electron chi connectivity index (χ4n) is 4.59. The number of hydrogen-bond donors (Lipinski definition) is 0. The van der Waals surface area contributed by atoms with Gasteiger partial charge in [-0.2, -0.15) is 0 Å². The molecule has 28 heavy (non-hydrogen) atoms. The van der Waals surface area contributed by atoms with Crippen LogP contribution in [0.25, 0.3) is 0 Å². The lowest BCUT2D eigenvalue weighted by atomic mass is 9.86. The van der Waals surface area contributed by atoms with Crippen molar-refractivity contribution in [2.24, 2.45) is 11.8 Å². The summed E-state index contributed by atoms with van der Waals surface area (Å²) in [5, 5.41) is 0. The highest BCUT2D eigenvalue weighted by atomic mass is 16.5. The first-order chi connectivity index (χ1) is 13.7. The van der Waals surface area contributed by atoms with Gasteiger partial charge in [-0.1, -0.05) is 43.5 Å². The Hall–Kier alpha value is -1.39. The minimum absolute atomic E-state index is 0.406. The van der Waals surface area contributed by atoms with Crippen molar-refractivity contribution in [2.75, 3.05) is 33.4 Å². The van der Waals surface area contributed by atoms with E-state index in [0.717, 1.165) is 38.8 Å². The highest BCUT2D eigenvalue weighted by Crippen LogP contribution is 2.28. The van der Waals surface area contributed by atoms with E-state index in [2.05, 4.69) is 29.2 Å². The Morgan fingerprint density at radius 2 is 1.61 bits per heavy atom. The summed E-state index contributed by atoms with van der Waals surface area (Å²) in [6.45, 7) is 3.81. The van der Waals surface area contributed by atoms with Gasteiger partial charge in [-0.25, -0.2) is 0 Å². The van der Waals surface area contributed by atoms with Crippen molar-refractivity contribution in [3.63, 3.8) is 0 Å². The van der Waals surface area contributed by atoms with Gasteiger partial charge in [0.15, 0.2) is 0 Å². The normalized spacial score (nSPS) is 19.1. The molecule has 1 saturated heterocycles. The average Bonchev–Trinajstić information content (AvgIpc) is 2.74. The van der Waals surface area contributed by atoms with Crippen LogP contribution in [0.3, 0.4) is 0 Å². The van der Waals surface area contributed by atoms with Crippen LogP contribution in [0.15, 0.2) is 24.3 Å². The van der Waals surface area contributed by atoms with E-state index in [1.165, 1.54) is 43.2 Å². The van der Waals surface area contributed by atoms with E-state index in [1.807, 2.05) is 0 Å². The Morgan fingerprint density at radius 3 is 2.29 bits per heavy atom. The predicted octanol–water partition coefficient (Wildman–Crippen LogP) is 4.60. The monoisotopic (exact) mass is 387 g/mol. The third kappa shape index (κ3) is 6.89. The maximum Gasteiger partial charge on any atom is 0.222 e. The van der Waals surface area contributed by atoms with Gasteiger partial charge in [-0.05, 0) is 55.1 Å². The summed E-state index contributed by atoms with van der Waals surface area (Å²) in [5.41, 5.74) is 2.61. The van der Waals surface area contributed by atoms with Gasteiger partial charge in [-0.3, -0.25) is 4.79 Å². The average molecular weight is 388 g/mol.